The van der Waals surface area contributed by atoms with Gasteiger partial charge >= 0.3 is 0 Å². The Morgan fingerprint density at radius 1 is 1.09 bits per heavy atom. The number of nitrogens with zero attached hydrogens (tertiary/aromatic N) is 2. The fourth-order valence-corrected chi connectivity index (χ4v) is 2.66. The maximum Gasteiger partial charge on any atom is 0.258 e. The van der Waals surface area contributed by atoms with Gasteiger partial charge in [0.1, 0.15) is 0 Å². The van der Waals surface area contributed by atoms with E-state index in [0.29, 0.717) is 18.0 Å². The van der Waals surface area contributed by atoms with Crippen LogP contribution in [0.25, 0.3) is 10.8 Å². The molecule has 0 aliphatic carbocycles. The number of aromatic nitrogens is 1. The lowest BCUT2D eigenvalue weighted by atomic mass is 10.0. The number of hydrogen-bond acceptors (Lipinski definition) is 2. The Morgan fingerprint density at radius 2 is 1.83 bits per heavy atom. The number of benzene rings is 2. The normalized spacial score (nSPS) is 10.9. The van der Waals surface area contributed by atoms with Crippen molar-refractivity contribution >= 4 is 10.8 Å². The van der Waals surface area contributed by atoms with Gasteiger partial charge in [-0.3, -0.25) is 4.79 Å². The van der Waals surface area contributed by atoms with E-state index in [2.05, 4.69) is 26.0 Å². The number of nitriles is 1. The van der Waals surface area contributed by atoms with Crippen molar-refractivity contribution in [2.45, 2.75) is 26.3 Å². The zero-order valence-corrected chi connectivity index (χ0v) is 13.3. The molecule has 0 aliphatic rings. The minimum atomic E-state index is 0.0226. The minimum Gasteiger partial charge on any atom is -0.311 e. The maximum atomic E-state index is 12.7. The summed E-state index contributed by atoms with van der Waals surface area (Å²) in [5.74, 6) is 0.394. The Balaban J connectivity index is 2.02. The molecule has 0 N–H and O–H groups in total. The second-order valence-electron chi connectivity index (χ2n) is 6.06. The van der Waals surface area contributed by atoms with Gasteiger partial charge in [-0.05, 0) is 46.7 Å². The van der Waals surface area contributed by atoms with Gasteiger partial charge in [-0.1, -0.05) is 38.1 Å². The van der Waals surface area contributed by atoms with E-state index in [9.17, 15) is 4.79 Å². The van der Waals surface area contributed by atoms with Gasteiger partial charge in [0, 0.05) is 11.6 Å². The molecule has 0 saturated heterocycles. The Hall–Kier alpha value is -2.86. The first-order valence-corrected chi connectivity index (χ1v) is 7.70. The van der Waals surface area contributed by atoms with Gasteiger partial charge in [-0.25, -0.2) is 0 Å². The molecule has 0 bridgehead atoms. The molecule has 114 valence electrons. The predicted molar refractivity (Wildman–Crippen MR) is 92.6 cm³/mol. The van der Waals surface area contributed by atoms with Crippen LogP contribution in [-0.2, 0) is 6.54 Å². The maximum absolute atomic E-state index is 12.7. The fraction of sp³-hybridized carbons (Fsp3) is 0.200. The van der Waals surface area contributed by atoms with Crippen LogP contribution >= 0.6 is 0 Å². The van der Waals surface area contributed by atoms with Crippen LogP contribution in [0.15, 0.2) is 59.5 Å². The summed E-state index contributed by atoms with van der Waals surface area (Å²) in [5, 5.41) is 10.6. The third-order valence-electron chi connectivity index (χ3n) is 4.11. The molecule has 0 amide bonds. The summed E-state index contributed by atoms with van der Waals surface area (Å²) in [6.45, 7) is 4.76. The third-order valence-corrected chi connectivity index (χ3v) is 4.11. The van der Waals surface area contributed by atoms with Crippen LogP contribution in [0.3, 0.4) is 0 Å². The first kappa shape index (κ1) is 15.1. The molecule has 2 aromatic carbocycles. The molecule has 0 radical (unpaired) electrons. The van der Waals surface area contributed by atoms with E-state index in [1.54, 1.807) is 16.7 Å². The molecule has 0 aliphatic heterocycles. The quantitative estimate of drug-likeness (QED) is 0.733. The van der Waals surface area contributed by atoms with Crippen LogP contribution in [0.5, 0.6) is 0 Å². The van der Waals surface area contributed by atoms with E-state index in [4.69, 9.17) is 5.26 Å². The summed E-state index contributed by atoms with van der Waals surface area (Å²) in [6, 6.07) is 17.5. The van der Waals surface area contributed by atoms with Gasteiger partial charge < -0.3 is 4.57 Å². The van der Waals surface area contributed by atoms with Crippen molar-refractivity contribution in [3.8, 4) is 6.07 Å². The molecule has 0 saturated carbocycles. The summed E-state index contributed by atoms with van der Waals surface area (Å²) in [4.78, 5) is 12.7. The second-order valence-corrected chi connectivity index (χ2v) is 6.06. The van der Waals surface area contributed by atoms with Crippen LogP contribution in [0.4, 0.5) is 0 Å². The van der Waals surface area contributed by atoms with E-state index in [1.165, 1.54) is 5.56 Å². The molecule has 3 nitrogen and oxygen atoms in total. The van der Waals surface area contributed by atoms with E-state index in [0.717, 1.165) is 16.3 Å². The third kappa shape index (κ3) is 3.02. The van der Waals surface area contributed by atoms with Gasteiger partial charge in [0.2, 0.25) is 0 Å². The van der Waals surface area contributed by atoms with E-state index in [1.807, 2.05) is 36.5 Å². The highest BCUT2D eigenvalue weighted by Gasteiger charge is 2.06. The number of hydrogen-bond donors (Lipinski definition) is 0. The van der Waals surface area contributed by atoms with Gasteiger partial charge in [0.05, 0.1) is 18.2 Å². The number of fused-ring (bicyclic) bond motifs is 1. The summed E-state index contributed by atoms with van der Waals surface area (Å²) in [6.07, 6.45) is 1.83. The predicted octanol–water partition coefficient (Wildman–Crippen LogP) is 4.04. The van der Waals surface area contributed by atoms with E-state index < -0.39 is 0 Å². The molecule has 0 unspecified atom stereocenters. The highest BCUT2D eigenvalue weighted by molar-refractivity contribution is 5.82. The average Bonchev–Trinajstić information content (AvgIpc) is 2.58. The van der Waals surface area contributed by atoms with Crippen LogP contribution in [-0.4, -0.2) is 4.57 Å². The summed E-state index contributed by atoms with van der Waals surface area (Å²) in [7, 11) is 0. The summed E-state index contributed by atoms with van der Waals surface area (Å²) >= 11 is 0. The highest BCUT2D eigenvalue weighted by Crippen LogP contribution is 2.19. The monoisotopic (exact) mass is 302 g/mol. The van der Waals surface area contributed by atoms with Crippen molar-refractivity contribution in [3.05, 3.63) is 81.8 Å². The van der Waals surface area contributed by atoms with Crippen molar-refractivity contribution < 1.29 is 0 Å². The molecule has 3 heteroatoms. The van der Waals surface area contributed by atoms with Crippen molar-refractivity contribution in [2.75, 3.05) is 0 Å². The van der Waals surface area contributed by atoms with E-state index >= 15 is 0 Å². The zero-order valence-electron chi connectivity index (χ0n) is 13.3. The van der Waals surface area contributed by atoms with Gasteiger partial charge in [0.25, 0.3) is 5.56 Å². The average molecular weight is 302 g/mol. The van der Waals surface area contributed by atoms with Crippen molar-refractivity contribution in [1.29, 1.82) is 5.26 Å². The Kier molecular flexibility index (Phi) is 3.99. The van der Waals surface area contributed by atoms with E-state index in [-0.39, 0.29) is 5.56 Å². The Labute approximate surface area is 135 Å². The van der Waals surface area contributed by atoms with Gasteiger partial charge in [-0.2, -0.15) is 5.26 Å². The molecule has 0 atom stereocenters. The highest BCUT2D eigenvalue weighted by atomic mass is 16.1. The van der Waals surface area contributed by atoms with Crippen LogP contribution < -0.4 is 5.56 Å². The Bertz CT molecular complexity index is 944. The molecule has 3 rings (SSSR count). The number of rotatable bonds is 3. The lowest BCUT2D eigenvalue weighted by molar-refractivity contribution is 0.767. The van der Waals surface area contributed by atoms with Gasteiger partial charge in [0.15, 0.2) is 0 Å². The Morgan fingerprint density at radius 3 is 2.48 bits per heavy atom. The van der Waals surface area contributed by atoms with Crippen molar-refractivity contribution in [1.82, 2.24) is 4.57 Å². The summed E-state index contributed by atoms with van der Waals surface area (Å²) in [5.41, 5.74) is 2.83. The van der Waals surface area contributed by atoms with Crippen LogP contribution in [0.2, 0.25) is 0 Å². The lowest BCUT2D eigenvalue weighted by Gasteiger charge is -2.10. The molecule has 1 aromatic heterocycles. The SMILES string of the molecule is CC(C)c1ccc2ccn(Cc3ccc(C#N)cc3)c(=O)c2c1. The topological polar surface area (TPSA) is 45.8 Å². The molecule has 0 fully saturated rings. The molecular weight excluding hydrogens is 284 g/mol. The first-order chi connectivity index (χ1) is 11.1. The largest absolute Gasteiger partial charge is 0.311 e. The molecule has 23 heavy (non-hydrogen) atoms. The van der Waals surface area contributed by atoms with Crippen LogP contribution in [0.1, 0.15) is 36.5 Å². The molecule has 1 heterocycles. The number of pyridine rings is 1. The van der Waals surface area contributed by atoms with Gasteiger partial charge in [-0.15, -0.1) is 0 Å². The standard InChI is InChI=1S/C20H18N2O/c1-14(2)18-8-7-17-9-10-22(20(23)19(17)11-18)13-16-5-3-15(12-21)4-6-16/h3-11,14H,13H2,1-2H3. The summed E-state index contributed by atoms with van der Waals surface area (Å²) < 4.78 is 1.72. The van der Waals surface area contributed by atoms with Crippen molar-refractivity contribution in [2.24, 2.45) is 0 Å². The first-order valence-electron chi connectivity index (χ1n) is 7.70. The second kappa shape index (κ2) is 6.10. The zero-order chi connectivity index (χ0) is 16.4. The fourth-order valence-electron chi connectivity index (χ4n) is 2.66. The smallest absolute Gasteiger partial charge is 0.258 e. The van der Waals surface area contributed by atoms with Crippen molar-refractivity contribution in [3.63, 3.8) is 0 Å². The molecule has 3 aromatic rings. The molecular formula is C20H18N2O. The molecule has 0 spiro atoms. The lowest BCUT2D eigenvalue weighted by Crippen LogP contribution is -2.20. The van der Waals surface area contributed by atoms with Crippen LogP contribution in [0, 0.1) is 11.3 Å². The minimum absolute atomic E-state index is 0.0226.